The van der Waals surface area contributed by atoms with Gasteiger partial charge in [-0.05, 0) is 49.3 Å². The molecule has 22 heavy (non-hydrogen) atoms. The number of hydrogen-bond donors (Lipinski definition) is 1. The fourth-order valence-corrected chi connectivity index (χ4v) is 3.02. The molecule has 1 N–H and O–H groups in total. The highest BCUT2D eigenvalue weighted by Gasteiger charge is 2.22. The Morgan fingerprint density at radius 2 is 2.00 bits per heavy atom. The normalized spacial score (nSPS) is 16.1. The van der Waals surface area contributed by atoms with Gasteiger partial charge < -0.3 is 10.2 Å². The van der Waals surface area contributed by atoms with Gasteiger partial charge in [-0.1, -0.05) is 32.9 Å². The first-order valence-corrected chi connectivity index (χ1v) is 8.66. The first-order chi connectivity index (χ1) is 10.5. The van der Waals surface area contributed by atoms with Gasteiger partial charge in [0.15, 0.2) is 0 Å². The number of aryl methyl sites for hydroxylation is 1. The molecule has 0 unspecified atom stereocenters. The summed E-state index contributed by atoms with van der Waals surface area (Å²) in [6.07, 6.45) is 3.72. The van der Waals surface area contributed by atoms with Crippen LogP contribution in [-0.4, -0.2) is 29.9 Å². The molecule has 0 aliphatic carbocycles. The lowest BCUT2D eigenvalue weighted by atomic mass is 9.99. The minimum atomic E-state index is 0.318. The Bertz CT molecular complexity index is 502. The highest BCUT2D eigenvalue weighted by molar-refractivity contribution is 5.76. The van der Waals surface area contributed by atoms with Gasteiger partial charge >= 0.3 is 0 Å². The highest BCUT2D eigenvalue weighted by Crippen LogP contribution is 2.25. The first kappa shape index (κ1) is 16.9. The average Bonchev–Trinajstić information content (AvgIpc) is 2.50. The van der Waals surface area contributed by atoms with E-state index in [1.165, 1.54) is 16.8 Å². The van der Waals surface area contributed by atoms with Gasteiger partial charge in [0.05, 0.1) is 0 Å². The summed E-state index contributed by atoms with van der Waals surface area (Å²) < 4.78 is 0. The van der Waals surface area contributed by atoms with E-state index in [0.717, 1.165) is 32.4 Å². The van der Waals surface area contributed by atoms with Crippen molar-refractivity contribution < 1.29 is 4.79 Å². The number of hydrogen-bond acceptors (Lipinski definition) is 2. The molecule has 0 aromatic heterocycles. The number of piperidine rings is 1. The van der Waals surface area contributed by atoms with Crippen molar-refractivity contribution in [2.75, 3.05) is 18.4 Å². The fraction of sp³-hybridized carbons (Fsp3) is 0.632. The minimum absolute atomic E-state index is 0.318. The lowest BCUT2D eigenvalue weighted by molar-refractivity contribution is -0.132. The van der Waals surface area contributed by atoms with E-state index in [2.05, 4.69) is 51.2 Å². The summed E-state index contributed by atoms with van der Waals surface area (Å²) in [5, 5.41) is 3.70. The van der Waals surface area contributed by atoms with Gasteiger partial charge in [-0.25, -0.2) is 0 Å². The third-order valence-electron chi connectivity index (χ3n) is 4.60. The minimum Gasteiger partial charge on any atom is -0.382 e. The summed E-state index contributed by atoms with van der Waals surface area (Å²) in [7, 11) is 0. The largest absolute Gasteiger partial charge is 0.382 e. The number of amides is 1. The average molecular weight is 302 g/mol. The Kier molecular flexibility index (Phi) is 5.87. The van der Waals surface area contributed by atoms with Crippen molar-refractivity contribution >= 4 is 11.6 Å². The predicted octanol–water partition coefficient (Wildman–Crippen LogP) is 4.32. The summed E-state index contributed by atoms with van der Waals surface area (Å²) >= 11 is 0. The van der Waals surface area contributed by atoms with Crippen molar-refractivity contribution in [2.24, 2.45) is 0 Å². The Hall–Kier alpha value is -1.51. The van der Waals surface area contributed by atoms with Crippen LogP contribution >= 0.6 is 0 Å². The lowest BCUT2D eigenvalue weighted by Gasteiger charge is -2.33. The molecule has 1 heterocycles. The molecule has 0 bridgehead atoms. The molecule has 2 rings (SSSR count). The zero-order valence-corrected chi connectivity index (χ0v) is 14.5. The summed E-state index contributed by atoms with van der Waals surface area (Å²) in [4.78, 5) is 14.0. The number of carbonyl (C=O) groups excluding carboxylic acids is 1. The summed E-state index contributed by atoms with van der Waals surface area (Å²) in [5.74, 6) is 0.869. The van der Waals surface area contributed by atoms with Crippen LogP contribution in [0.5, 0.6) is 0 Å². The zero-order valence-electron chi connectivity index (χ0n) is 14.5. The van der Waals surface area contributed by atoms with Crippen molar-refractivity contribution in [2.45, 2.75) is 65.3 Å². The molecule has 1 aromatic rings. The van der Waals surface area contributed by atoms with Crippen molar-refractivity contribution in [3.8, 4) is 0 Å². The molecule has 3 heteroatoms. The van der Waals surface area contributed by atoms with E-state index in [-0.39, 0.29) is 0 Å². The molecule has 1 fully saturated rings. The fourth-order valence-electron chi connectivity index (χ4n) is 3.02. The number of carbonyl (C=O) groups is 1. The predicted molar refractivity (Wildman–Crippen MR) is 93.4 cm³/mol. The van der Waals surface area contributed by atoms with Crippen molar-refractivity contribution in [1.82, 2.24) is 4.90 Å². The molecule has 0 spiro atoms. The van der Waals surface area contributed by atoms with Crippen LogP contribution in [0.3, 0.4) is 0 Å². The smallest absolute Gasteiger partial charge is 0.222 e. The molecule has 1 saturated heterocycles. The van der Waals surface area contributed by atoms with E-state index >= 15 is 0 Å². The van der Waals surface area contributed by atoms with Crippen LogP contribution in [0.25, 0.3) is 0 Å². The molecule has 1 aromatic carbocycles. The Balaban J connectivity index is 1.93. The standard InChI is InChI=1S/C19H30N2O/c1-5-6-19(22)21-11-9-17(10-12-21)20-18-13-16(14(2)3)8-7-15(18)4/h7-8,13-14,17,20H,5-6,9-12H2,1-4H3. The molecule has 0 atom stereocenters. The topological polar surface area (TPSA) is 32.3 Å². The second kappa shape index (κ2) is 7.66. The summed E-state index contributed by atoms with van der Waals surface area (Å²) in [6, 6.07) is 7.19. The molecule has 1 aliphatic heterocycles. The van der Waals surface area contributed by atoms with Crippen LogP contribution in [0.15, 0.2) is 18.2 Å². The van der Waals surface area contributed by atoms with E-state index in [1.54, 1.807) is 0 Å². The maximum atomic E-state index is 11.9. The van der Waals surface area contributed by atoms with Crippen LogP contribution in [0.4, 0.5) is 5.69 Å². The van der Waals surface area contributed by atoms with Crippen LogP contribution in [-0.2, 0) is 4.79 Å². The maximum absolute atomic E-state index is 11.9. The number of anilines is 1. The van der Waals surface area contributed by atoms with E-state index in [0.29, 0.717) is 24.3 Å². The second-order valence-corrected chi connectivity index (χ2v) is 6.78. The van der Waals surface area contributed by atoms with Crippen LogP contribution < -0.4 is 5.32 Å². The third-order valence-corrected chi connectivity index (χ3v) is 4.60. The van der Waals surface area contributed by atoms with Gasteiger partial charge in [-0.15, -0.1) is 0 Å². The summed E-state index contributed by atoms with van der Waals surface area (Å²) in [6.45, 7) is 10.5. The third kappa shape index (κ3) is 4.25. The zero-order chi connectivity index (χ0) is 16.1. The monoisotopic (exact) mass is 302 g/mol. The molecular weight excluding hydrogens is 272 g/mol. The van der Waals surface area contributed by atoms with Crippen LogP contribution in [0, 0.1) is 6.92 Å². The van der Waals surface area contributed by atoms with Gasteiger partial charge in [-0.3, -0.25) is 4.79 Å². The molecule has 1 aliphatic rings. The molecule has 122 valence electrons. The lowest BCUT2D eigenvalue weighted by Crippen LogP contribution is -2.42. The number of rotatable bonds is 5. The summed E-state index contributed by atoms with van der Waals surface area (Å²) in [5.41, 5.74) is 3.93. The Labute approximate surface area is 135 Å². The van der Waals surface area contributed by atoms with E-state index in [1.807, 2.05) is 4.90 Å². The molecule has 3 nitrogen and oxygen atoms in total. The molecular formula is C19H30N2O. The number of nitrogens with one attached hydrogen (secondary N) is 1. The maximum Gasteiger partial charge on any atom is 0.222 e. The number of nitrogens with zero attached hydrogens (tertiary/aromatic N) is 1. The van der Waals surface area contributed by atoms with Gasteiger partial charge in [-0.2, -0.15) is 0 Å². The van der Waals surface area contributed by atoms with Gasteiger partial charge in [0.25, 0.3) is 0 Å². The molecule has 1 amide bonds. The van der Waals surface area contributed by atoms with Crippen molar-refractivity contribution in [3.63, 3.8) is 0 Å². The van der Waals surface area contributed by atoms with Gasteiger partial charge in [0.1, 0.15) is 0 Å². The van der Waals surface area contributed by atoms with Crippen LogP contribution in [0.2, 0.25) is 0 Å². The quantitative estimate of drug-likeness (QED) is 0.878. The van der Waals surface area contributed by atoms with Gasteiger partial charge in [0, 0.05) is 31.2 Å². The van der Waals surface area contributed by atoms with E-state index < -0.39 is 0 Å². The second-order valence-electron chi connectivity index (χ2n) is 6.78. The van der Waals surface area contributed by atoms with Crippen molar-refractivity contribution in [3.05, 3.63) is 29.3 Å². The Morgan fingerprint density at radius 3 is 2.59 bits per heavy atom. The van der Waals surface area contributed by atoms with E-state index in [9.17, 15) is 4.79 Å². The van der Waals surface area contributed by atoms with Gasteiger partial charge in [0.2, 0.25) is 5.91 Å². The first-order valence-electron chi connectivity index (χ1n) is 8.66. The highest BCUT2D eigenvalue weighted by atomic mass is 16.2. The van der Waals surface area contributed by atoms with Crippen LogP contribution in [0.1, 0.15) is 63.5 Å². The molecule has 0 saturated carbocycles. The van der Waals surface area contributed by atoms with Crippen molar-refractivity contribution in [1.29, 1.82) is 0 Å². The molecule has 0 radical (unpaired) electrons. The SMILES string of the molecule is CCCC(=O)N1CCC(Nc2cc(C(C)C)ccc2C)CC1. The number of benzene rings is 1. The Morgan fingerprint density at radius 1 is 1.32 bits per heavy atom. The van der Waals surface area contributed by atoms with E-state index in [4.69, 9.17) is 0 Å². The number of likely N-dealkylation sites (tertiary alicyclic amines) is 1.